The Hall–Kier alpha value is -4.18. The first kappa shape index (κ1) is 33.3. The lowest BCUT2D eigenvalue weighted by molar-refractivity contribution is -0.137. The minimum absolute atomic E-state index is 0.00132. The lowest BCUT2D eigenvalue weighted by Gasteiger charge is -2.32. The van der Waals surface area contributed by atoms with Gasteiger partial charge in [-0.15, -0.1) is 0 Å². The first-order chi connectivity index (χ1) is 23.3. The molecule has 7 rings (SSSR count). The molecule has 49 heavy (non-hydrogen) atoms. The summed E-state index contributed by atoms with van der Waals surface area (Å²) in [6, 6.07) is 2.12. The average molecular weight is 706 g/mol. The Bertz CT molecular complexity index is 1970. The van der Waals surface area contributed by atoms with Crippen LogP contribution in [0.1, 0.15) is 38.2 Å². The van der Waals surface area contributed by atoms with Crippen molar-refractivity contribution in [2.45, 2.75) is 56.5 Å². The van der Waals surface area contributed by atoms with Crippen molar-refractivity contribution < 1.29 is 35.9 Å². The number of benzene rings is 2. The van der Waals surface area contributed by atoms with Gasteiger partial charge in [-0.25, -0.2) is 18.2 Å². The van der Waals surface area contributed by atoms with Crippen LogP contribution in [0.5, 0.6) is 6.01 Å². The molecule has 3 fully saturated rings. The number of halogens is 6. The van der Waals surface area contributed by atoms with Crippen LogP contribution in [0.4, 0.5) is 37.3 Å². The molecule has 0 radical (unpaired) electrons. The molecule has 2 aromatic carbocycles. The molecule has 5 heterocycles. The maximum Gasteiger partial charge on any atom is 0.417 e. The van der Waals surface area contributed by atoms with Gasteiger partial charge in [-0.2, -0.15) is 23.1 Å². The predicted octanol–water partition coefficient (Wildman–Crippen LogP) is 6.35. The third-order valence-electron chi connectivity index (χ3n) is 9.91. The zero-order valence-corrected chi connectivity index (χ0v) is 27.3. The van der Waals surface area contributed by atoms with Crippen LogP contribution in [0.2, 0.25) is 0 Å². The fourth-order valence-electron chi connectivity index (χ4n) is 7.71. The second-order valence-electron chi connectivity index (χ2n) is 12.7. The highest BCUT2D eigenvalue weighted by Gasteiger charge is 2.49. The molecule has 2 aromatic heterocycles. The van der Waals surface area contributed by atoms with Crippen molar-refractivity contribution in [3.8, 4) is 17.1 Å². The number of rotatable bonds is 8. The number of aromatic nitrogens is 3. The summed E-state index contributed by atoms with van der Waals surface area (Å²) in [5, 5.41) is -0.323. The van der Waals surface area contributed by atoms with Crippen LogP contribution in [0.15, 0.2) is 30.9 Å². The van der Waals surface area contributed by atoms with Crippen LogP contribution in [0.25, 0.3) is 32.2 Å². The van der Waals surface area contributed by atoms with Crippen LogP contribution in [0.3, 0.4) is 0 Å². The highest BCUT2D eigenvalue weighted by Crippen LogP contribution is 2.47. The van der Waals surface area contributed by atoms with E-state index in [4.69, 9.17) is 10.5 Å². The maximum absolute atomic E-state index is 17.0. The molecule has 260 valence electrons. The van der Waals surface area contributed by atoms with Gasteiger partial charge in [0.1, 0.15) is 29.9 Å². The summed E-state index contributed by atoms with van der Waals surface area (Å²) in [5.74, 6) is -2.38. The number of alkyl halides is 4. The molecule has 2 N–H and O–H groups in total. The van der Waals surface area contributed by atoms with E-state index in [1.54, 1.807) is 16.7 Å². The second-order valence-corrected chi connectivity index (χ2v) is 13.8. The number of ether oxygens (including phenoxy) is 1. The Labute approximate surface area is 281 Å². The molecule has 9 nitrogen and oxygen atoms in total. The molecule has 0 saturated carbocycles. The van der Waals surface area contributed by atoms with Crippen molar-refractivity contribution in [3.63, 3.8) is 0 Å². The van der Waals surface area contributed by atoms with E-state index >= 15 is 4.39 Å². The number of carbonyl (C=O) groups is 1. The van der Waals surface area contributed by atoms with Gasteiger partial charge < -0.3 is 20.3 Å². The number of anilines is 2. The van der Waals surface area contributed by atoms with Crippen molar-refractivity contribution in [2.24, 2.45) is 0 Å². The van der Waals surface area contributed by atoms with Gasteiger partial charge in [-0.05, 0) is 57.0 Å². The van der Waals surface area contributed by atoms with E-state index in [9.17, 15) is 26.7 Å². The summed E-state index contributed by atoms with van der Waals surface area (Å²) in [6.45, 7) is 7.15. The van der Waals surface area contributed by atoms with E-state index in [0.29, 0.717) is 25.9 Å². The minimum atomic E-state index is -5.06. The normalized spacial score (nSPS) is 22.7. The lowest BCUT2D eigenvalue weighted by Crippen LogP contribution is -2.43. The number of hydrogen-bond donors (Lipinski definition) is 1. The van der Waals surface area contributed by atoms with E-state index in [0.717, 1.165) is 36.0 Å². The number of nitrogens with zero attached hydrogens (tertiary/aromatic N) is 6. The Balaban J connectivity index is 1.42. The highest BCUT2D eigenvalue weighted by molar-refractivity contribution is 7.22. The van der Waals surface area contributed by atoms with E-state index in [2.05, 4.69) is 21.5 Å². The third kappa shape index (κ3) is 5.71. The molecule has 0 bridgehead atoms. The van der Waals surface area contributed by atoms with Crippen LogP contribution < -0.4 is 15.4 Å². The summed E-state index contributed by atoms with van der Waals surface area (Å²) in [5.41, 5.74) is 2.03. The predicted molar refractivity (Wildman–Crippen MR) is 174 cm³/mol. The van der Waals surface area contributed by atoms with Crippen molar-refractivity contribution in [1.29, 1.82) is 0 Å². The summed E-state index contributed by atoms with van der Waals surface area (Å²) in [6.07, 6.45) is -2.68. The smallest absolute Gasteiger partial charge is 0.417 e. The van der Waals surface area contributed by atoms with Gasteiger partial charge in [0.2, 0.25) is 5.91 Å². The monoisotopic (exact) mass is 705 g/mol. The highest BCUT2D eigenvalue weighted by atomic mass is 32.1. The number of hydrogen-bond acceptors (Lipinski definition) is 9. The summed E-state index contributed by atoms with van der Waals surface area (Å²) in [4.78, 5) is 30.6. The molecule has 0 aliphatic carbocycles. The number of thiazole rings is 1. The minimum Gasteiger partial charge on any atom is -0.461 e. The summed E-state index contributed by atoms with van der Waals surface area (Å²) >= 11 is 0.737. The van der Waals surface area contributed by atoms with Gasteiger partial charge in [0.15, 0.2) is 10.9 Å². The standard InChI is InChI=1S/C33H33F6N7O2S/c1-3-23(47)44-11-8-18(15-44)46(4-2)29-20-12-21(33(37,38)39)24(19-6-7-22(35)28-27(19)41-30(40)49-28)25(36)26(20)42-31(43-29)48-16-32-9-5-10-45(32)14-17(34)13-32/h3,6-7,12,17-18H,1,4-5,8-11,13-16H2,2H3,(H2,40,41)/t17-,18-,32+/m1/s1. The summed E-state index contributed by atoms with van der Waals surface area (Å²) < 4.78 is 96.9. The van der Waals surface area contributed by atoms with E-state index in [1.165, 1.54) is 6.08 Å². The molecule has 3 saturated heterocycles. The molecule has 1 amide bonds. The number of fused-ring (bicyclic) bond motifs is 3. The molecule has 16 heteroatoms. The molecule has 3 aliphatic heterocycles. The van der Waals surface area contributed by atoms with Crippen molar-refractivity contribution in [2.75, 3.05) is 50.0 Å². The quantitative estimate of drug-likeness (QED) is 0.167. The van der Waals surface area contributed by atoms with Crippen LogP contribution in [-0.2, 0) is 11.0 Å². The van der Waals surface area contributed by atoms with Crippen LogP contribution in [-0.4, -0.2) is 87.7 Å². The Morgan fingerprint density at radius 3 is 2.73 bits per heavy atom. The maximum atomic E-state index is 17.0. The first-order valence-corrected chi connectivity index (χ1v) is 16.8. The zero-order chi connectivity index (χ0) is 34.8. The summed E-state index contributed by atoms with van der Waals surface area (Å²) in [7, 11) is 0. The van der Waals surface area contributed by atoms with Crippen molar-refractivity contribution >= 4 is 49.3 Å². The van der Waals surface area contributed by atoms with Crippen molar-refractivity contribution in [3.05, 3.63) is 48.1 Å². The van der Waals surface area contributed by atoms with Gasteiger partial charge >= 0.3 is 12.2 Å². The largest absolute Gasteiger partial charge is 0.461 e. The van der Waals surface area contributed by atoms with Crippen molar-refractivity contribution in [1.82, 2.24) is 24.8 Å². The average Bonchev–Trinajstić information content (AvgIpc) is 3.84. The second kappa shape index (κ2) is 12.3. The molecule has 3 aliphatic rings. The van der Waals surface area contributed by atoms with Crippen LogP contribution in [0, 0.1) is 11.6 Å². The Morgan fingerprint density at radius 1 is 1.20 bits per heavy atom. The number of likely N-dealkylation sites (N-methyl/N-ethyl adjacent to an activating group) is 1. The molecule has 4 aromatic rings. The van der Waals surface area contributed by atoms with E-state index in [-0.39, 0.29) is 82.7 Å². The molecule has 3 atom stereocenters. The fourth-order valence-corrected chi connectivity index (χ4v) is 8.47. The zero-order valence-electron chi connectivity index (χ0n) is 26.5. The van der Waals surface area contributed by atoms with E-state index < -0.39 is 46.2 Å². The Morgan fingerprint density at radius 2 is 2.00 bits per heavy atom. The fraction of sp³-hybridized carbons (Fsp3) is 0.455. The molecular formula is C33H33F6N7O2S. The van der Waals surface area contributed by atoms with Gasteiger partial charge in [0.25, 0.3) is 0 Å². The third-order valence-corrected chi connectivity index (χ3v) is 10.8. The topological polar surface area (TPSA) is 101 Å². The number of likely N-dealkylation sites (tertiary alicyclic amines) is 1. The van der Waals surface area contributed by atoms with Gasteiger partial charge in [-0.1, -0.05) is 17.9 Å². The molecular weight excluding hydrogens is 672 g/mol. The van der Waals surface area contributed by atoms with E-state index in [1.807, 2.05) is 4.90 Å². The van der Waals surface area contributed by atoms with Crippen LogP contribution >= 0.6 is 11.3 Å². The van der Waals surface area contributed by atoms with Gasteiger partial charge in [0, 0.05) is 55.2 Å². The Kier molecular flexibility index (Phi) is 8.37. The molecule has 0 spiro atoms. The van der Waals surface area contributed by atoms with Gasteiger partial charge in [-0.3, -0.25) is 9.69 Å². The SMILES string of the molecule is C=CC(=O)N1CC[C@@H](N(CC)c2nc(OC[C@@]34CCCN3C[C@H](F)C4)nc3c(F)c(-c4ccc(F)c5sc(N)nc45)c(C(F)(F)F)cc23)C1. The molecule has 0 unspecified atom stereocenters. The number of nitrogen functional groups attached to an aromatic ring is 1. The number of amides is 1. The van der Waals surface area contributed by atoms with Gasteiger partial charge in [0.05, 0.1) is 21.3 Å². The lowest BCUT2D eigenvalue weighted by atomic mass is 9.94. The first-order valence-electron chi connectivity index (χ1n) is 16.0. The number of carbonyl (C=O) groups excluding carboxylic acids is 1. The number of nitrogens with two attached hydrogens (primary N) is 1.